The van der Waals surface area contributed by atoms with Crippen LogP contribution >= 0.6 is 11.6 Å². The number of alkyl halides is 3. The topological polar surface area (TPSA) is 107 Å². The molecule has 0 aliphatic heterocycles. The average molecular weight is 575 g/mol. The van der Waals surface area contributed by atoms with Gasteiger partial charge in [0, 0.05) is 30.1 Å². The highest BCUT2D eigenvalue weighted by Gasteiger charge is 2.41. The lowest BCUT2D eigenvalue weighted by Crippen LogP contribution is -2.21. The minimum atomic E-state index is -4.96. The molecule has 3 aromatic heterocycles. The van der Waals surface area contributed by atoms with Crippen LogP contribution in [0.2, 0.25) is 5.02 Å². The van der Waals surface area contributed by atoms with Gasteiger partial charge in [0.2, 0.25) is 0 Å². The third-order valence-electron chi connectivity index (χ3n) is 5.86. The predicted molar refractivity (Wildman–Crippen MR) is 139 cm³/mol. The Morgan fingerprint density at radius 1 is 1.12 bits per heavy atom. The Balaban J connectivity index is 1.44. The van der Waals surface area contributed by atoms with Crippen molar-refractivity contribution >= 4 is 34.4 Å². The monoisotopic (exact) mass is 574 g/mol. The van der Waals surface area contributed by atoms with Gasteiger partial charge in [0.1, 0.15) is 5.52 Å². The summed E-state index contributed by atoms with van der Waals surface area (Å²) in [6, 6.07) is 10.3. The number of carbonyl (C=O) groups excluding carboxylic acids is 1. The number of hydrogen-bond acceptors (Lipinski definition) is 5. The van der Waals surface area contributed by atoms with Crippen LogP contribution in [-0.4, -0.2) is 30.2 Å². The summed E-state index contributed by atoms with van der Waals surface area (Å²) >= 11 is 6.04. The Morgan fingerprint density at radius 3 is 2.55 bits per heavy atom. The van der Waals surface area contributed by atoms with E-state index in [0.29, 0.717) is 10.2 Å². The van der Waals surface area contributed by atoms with Crippen LogP contribution in [0.5, 0.6) is 11.5 Å². The average Bonchev–Trinajstić information content (AvgIpc) is 3.47. The van der Waals surface area contributed by atoms with Crippen LogP contribution in [0.4, 0.5) is 23.2 Å². The van der Waals surface area contributed by atoms with E-state index in [4.69, 9.17) is 16.3 Å². The molecular weight excluding hydrogens is 556 g/mol. The smallest absolute Gasteiger partial charge is 0.434 e. The maximum Gasteiger partial charge on any atom is 0.434 e. The first-order chi connectivity index (χ1) is 19.0. The van der Waals surface area contributed by atoms with Crippen LogP contribution in [0.15, 0.2) is 65.7 Å². The summed E-state index contributed by atoms with van der Waals surface area (Å²) < 4.78 is 64.6. The van der Waals surface area contributed by atoms with Crippen LogP contribution in [0.3, 0.4) is 0 Å². The van der Waals surface area contributed by atoms with Gasteiger partial charge in [-0.1, -0.05) is 23.7 Å². The molecule has 14 heteroatoms. The zero-order valence-corrected chi connectivity index (χ0v) is 21.5. The third kappa shape index (κ3) is 4.91. The van der Waals surface area contributed by atoms with Crippen molar-refractivity contribution in [3.8, 4) is 17.2 Å². The van der Waals surface area contributed by atoms with Gasteiger partial charge in [-0.25, -0.2) is 18.9 Å². The molecule has 5 aromatic rings. The maximum atomic E-state index is 15.0. The molecule has 0 bridgehead atoms. The summed E-state index contributed by atoms with van der Waals surface area (Å²) in [7, 11) is 0. The van der Waals surface area contributed by atoms with E-state index in [1.807, 2.05) is 0 Å². The number of fused-ring (bicyclic) bond motifs is 1. The highest BCUT2D eigenvalue weighted by atomic mass is 35.5. The lowest BCUT2D eigenvalue weighted by Gasteiger charge is -2.14. The van der Waals surface area contributed by atoms with Crippen LogP contribution in [0.25, 0.3) is 16.9 Å². The molecule has 0 aliphatic carbocycles. The Bertz CT molecular complexity index is 1810. The molecule has 206 valence electrons. The number of carbonyl (C=O) groups is 1. The van der Waals surface area contributed by atoms with Crippen molar-refractivity contribution in [2.24, 2.45) is 0 Å². The standard InChI is InChI=1S/C26H19ClF4N6O3/c1-13(2)36-21-20(9-10-32-23(21)35-25(36)39)40-19-8-7-14(11-17(19)28)34-24(38)15-12-33-37(22(15)26(29,30)31)18-6-4-3-5-16(18)27/h3-13H,1-2H3,(H,34,38)(H,32,35,39). The van der Waals surface area contributed by atoms with Gasteiger partial charge in [-0.2, -0.15) is 18.3 Å². The van der Waals surface area contributed by atoms with E-state index >= 15 is 4.39 Å². The molecule has 1 amide bonds. The van der Waals surface area contributed by atoms with E-state index in [2.05, 4.69) is 20.4 Å². The molecule has 9 nitrogen and oxygen atoms in total. The summed E-state index contributed by atoms with van der Waals surface area (Å²) in [4.78, 5) is 31.9. The lowest BCUT2D eigenvalue weighted by atomic mass is 10.2. The first kappa shape index (κ1) is 26.9. The van der Waals surface area contributed by atoms with Gasteiger partial charge in [-0.15, -0.1) is 0 Å². The van der Waals surface area contributed by atoms with Gasteiger partial charge in [0.25, 0.3) is 5.91 Å². The predicted octanol–water partition coefficient (Wildman–Crippen LogP) is 6.35. The van der Waals surface area contributed by atoms with Crippen molar-refractivity contribution in [2.45, 2.75) is 26.1 Å². The number of nitrogens with zero attached hydrogens (tertiary/aromatic N) is 4. The molecule has 40 heavy (non-hydrogen) atoms. The van der Waals surface area contributed by atoms with Gasteiger partial charge >= 0.3 is 11.9 Å². The van der Waals surface area contributed by atoms with E-state index in [1.165, 1.54) is 53.2 Å². The number of pyridine rings is 1. The molecular formula is C26H19ClF4N6O3. The summed E-state index contributed by atoms with van der Waals surface area (Å²) in [5.74, 6) is -2.19. The normalized spacial score (nSPS) is 11.8. The number of anilines is 1. The van der Waals surface area contributed by atoms with Gasteiger partial charge in [0.05, 0.1) is 22.5 Å². The third-order valence-corrected chi connectivity index (χ3v) is 6.18. The van der Waals surface area contributed by atoms with Crippen molar-refractivity contribution in [3.05, 3.63) is 93.5 Å². The molecule has 5 rings (SSSR count). The second-order valence-electron chi connectivity index (χ2n) is 8.87. The number of nitrogens with one attached hydrogen (secondary N) is 2. The van der Waals surface area contributed by atoms with E-state index in [0.717, 1.165) is 12.3 Å². The molecule has 0 fully saturated rings. The first-order valence-corrected chi connectivity index (χ1v) is 12.1. The zero-order valence-electron chi connectivity index (χ0n) is 20.8. The molecule has 3 heterocycles. The van der Waals surface area contributed by atoms with Crippen LogP contribution in [0.1, 0.15) is 35.9 Å². The van der Waals surface area contributed by atoms with E-state index in [-0.39, 0.29) is 39.6 Å². The Labute approximate surface area is 228 Å². The molecule has 2 N–H and O–H groups in total. The Kier molecular flexibility index (Phi) is 6.84. The molecule has 0 saturated carbocycles. The van der Waals surface area contributed by atoms with Crippen molar-refractivity contribution in [2.75, 3.05) is 5.32 Å². The second-order valence-corrected chi connectivity index (χ2v) is 9.28. The van der Waals surface area contributed by atoms with Crippen molar-refractivity contribution in [1.82, 2.24) is 24.3 Å². The highest BCUT2D eigenvalue weighted by Crippen LogP contribution is 2.36. The number of ether oxygens (including phenoxy) is 1. The quantitative estimate of drug-likeness (QED) is 0.230. The van der Waals surface area contributed by atoms with Crippen LogP contribution in [0, 0.1) is 5.82 Å². The second kappa shape index (κ2) is 10.2. The molecule has 0 unspecified atom stereocenters. The fraction of sp³-hybridized carbons (Fsp3) is 0.154. The number of imidazole rings is 1. The minimum Gasteiger partial charge on any atom is -0.452 e. The SMILES string of the molecule is CC(C)n1c(=O)[nH]c2nccc(Oc3ccc(NC(=O)c4cnn(-c5ccccc5Cl)c4C(F)(F)F)cc3F)c21. The van der Waals surface area contributed by atoms with Crippen molar-refractivity contribution in [3.63, 3.8) is 0 Å². The lowest BCUT2D eigenvalue weighted by molar-refractivity contribution is -0.143. The fourth-order valence-corrected chi connectivity index (χ4v) is 4.39. The minimum absolute atomic E-state index is 0.00257. The summed E-state index contributed by atoms with van der Waals surface area (Å²) in [5, 5.41) is 5.98. The highest BCUT2D eigenvalue weighted by molar-refractivity contribution is 6.32. The van der Waals surface area contributed by atoms with Crippen molar-refractivity contribution < 1.29 is 27.1 Å². The number of amides is 1. The summed E-state index contributed by atoms with van der Waals surface area (Å²) in [6.45, 7) is 3.57. The number of para-hydroxylation sites is 1. The zero-order chi connectivity index (χ0) is 28.8. The molecule has 2 aromatic carbocycles. The number of aromatic nitrogens is 5. The van der Waals surface area contributed by atoms with Gasteiger partial charge in [-0.3, -0.25) is 14.3 Å². The van der Waals surface area contributed by atoms with Crippen LogP contribution in [-0.2, 0) is 6.18 Å². The van der Waals surface area contributed by atoms with E-state index < -0.39 is 34.8 Å². The number of hydrogen-bond donors (Lipinski definition) is 2. The van der Waals surface area contributed by atoms with E-state index in [1.54, 1.807) is 13.8 Å². The van der Waals surface area contributed by atoms with Crippen molar-refractivity contribution in [1.29, 1.82) is 0 Å². The first-order valence-electron chi connectivity index (χ1n) is 11.7. The van der Waals surface area contributed by atoms with Gasteiger partial charge in [0.15, 0.2) is 28.7 Å². The number of halogens is 5. The number of benzene rings is 2. The maximum absolute atomic E-state index is 15.0. The summed E-state index contributed by atoms with van der Waals surface area (Å²) in [6.07, 6.45) is -2.82. The number of H-pyrrole nitrogens is 1. The number of rotatable bonds is 6. The Hall–Kier alpha value is -4.65. The van der Waals surface area contributed by atoms with Crippen LogP contribution < -0.4 is 15.7 Å². The Morgan fingerprint density at radius 2 is 1.88 bits per heavy atom. The summed E-state index contributed by atoms with van der Waals surface area (Å²) in [5.41, 5.74) is -2.17. The fourth-order valence-electron chi connectivity index (χ4n) is 4.17. The molecule has 0 aliphatic rings. The van der Waals surface area contributed by atoms with E-state index in [9.17, 15) is 22.8 Å². The molecule has 0 radical (unpaired) electrons. The van der Waals surface area contributed by atoms with Gasteiger partial charge in [-0.05, 0) is 38.1 Å². The largest absolute Gasteiger partial charge is 0.452 e. The molecule has 0 saturated heterocycles. The molecule has 0 spiro atoms. The number of aromatic amines is 1. The molecule has 0 atom stereocenters. The van der Waals surface area contributed by atoms with Gasteiger partial charge < -0.3 is 10.1 Å².